The Morgan fingerprint density at radius 1 is 1.15 bits per heavy atom. The highest BCUT2D eigenvalue weighted by atomic mass is 35.5. The van der Waals surface area contributed by atoms with Gasteiger partial charge in [-0.2, -0.15) is 5.10 Å². The minimum absolute atomic E-state index is 0.356. The van der Waals surface area contributed by atoms with Crippen LogP contribution in [0.3, 0.4) is 0 Å². The Balaban J connectivity index is 1.53. The Morgan fingerprint density at radius 2 is 1.85 bits per heavy atom. The van der Waals surface area contributed by atoms with Crippen LogP contribution in [0, 0.1) is 6.92 Å². The number of halogens is 2. The minimum Gasteiger partial charge on any atom is -0.407 e. The molecule has 26 heavy (non-hydrogen) atoms. The van der Waals surface area contributed by atoms with Crippen molar-refractivity contribution >= 4 is 29.3 Å². The zero-order chi connectivity index (χ0) is 18.5. The summed E-state index contributed by atoms with van der Waals surface area (Å²) in [5.41, 5.74) is 2.85. The number of aryl methyl sites for hydroxylation is 1. The van der Waals surface area contributed by atoms with Crippen LogP contribution in [0.4, 0.5) is 4.79 Å². The molecular formula is C19H17Cl2N3O2. The molecule has 0 saturated heterocycles. The smallest absolute Gasteiger partial charge is 0.407 e. The Kier molecular flexibility index (Phi) is 5.81. The van der Waals surface area contributed by atoms with Gasteiger partial charge in [-0.1, -0.05) is 47.0 Å². The predicted molar refractivity (Wildman–Crippen MR) is 102 cm³/mol. The molecule has 0 bridgehead atoms. The van der Waals surface area contributed by atoms with Crippen LogP contribution in [-0.2, 0) is 6.42 Å². The van der Waals surface area contributed by atoms with E-state index < -0.39 is 6.09 Å². The van der Waals surface area contributed by atoms with Crippen molar-refractivity contribution in [3.05, 3.63) is 76.0 Å². The molecule has 0 aliphatic carbocycles. The van der Waals surface area contributed by atoms with E-state index in [0.29, 0.717) is 28.8 Å². The lowest BCUT2D eigenvalue weighted by Gasteiger charge is -2.08. The second-order valence-electron chi connectivity index (χ2n) is 5.72. The van der Waals surface area contributed by atoms with E-state index in [0.717, 1.165) is 16.8 Å². The first-order valence-electron chi connectivity index (χ1n) is 8.03. The molecule has 0 atom stereocenters. The molecule has 0 unspecified atom stereocenters. The topological polar surface area (TPSA) is 56.1 Å². The Labute approximate surface area is 161 Å². The van der Waals surface area contributed by atoms with Gasteiger partial charge < -0.3 is 10.1 Å². The van der Waals surface area contributed by atoms with Gasteiger partial charge in [0.15, 0.2) is 5.75 Å². The fourth-order valence-corrected chi connectivity index (χ4v) is 2.99. The third kappa shape index (κ3) is 4.56. The number of ether oxygens (including phenoxy) is 1. The number of amides is 1. The summed E-state index contributed by atoms with van der Waals surface area (Å²) in [4.78, 5) is 11.9. The Hall–Kier alpha value is -2.50. The van der Waals surface area contributed by atoms with E-state index in [1.54, 1.807) is 29.1 Å². The lowest BCUT2D eigenvalue weighted by atomic mass is 10.1. The van der Waals surface area contributed by atoms with Crippen molar-refractivity contribution in [3.63, 3.8) is 0 Å². The molecule has 0 fully saturated rings. The number of carbonyl (C=O) groups is 1. The third-order valence-corrected chi connectivity index (χ3v) is 4.48. The average molecular weight is 390 g/mol. The molecular weight excluding hydrogens is 373 g/mol. The number of benzene rings is 2. The molecule has 2 aromatic carbocycles. The minimum atomic E-state index is -0.559. The summed E-state index contributed by atoms with van der Waals surface area (Å²) >= 11 is 12.2. The highest BCUT2D eigenvalue weighted by Gasteiger charge is 2.09. The van der Waals surface area contributed by atoms with Crippen molar-refractivity contribution in [1.82, 2.24) is 15.1 Å². The van der Waals surface area contributed by atoms with Gasteiger partial charge >= 0.3 is 6.09 Å². The van der Waals surface area contributed by atoms with Gasteiger partial charge in [0.05, 0.1) is 18.1 Å². The highest BCUT2D eigenvalue weighted by molar-refractivity contribution is 6.35. The first-order chi connectivity index (χ1) is 12.5. The first kappa shape index (κ1) is 18.3. The van der Waals surface area contributed by atoms with Crippen molar-refractivity contribution in [1.29, 1.82) is 0 Å². The standard InChI is InChI=1S/C19H17Cl2N3O2/c1-13-5-7-14(8-6-13)24-12-15(11-23-24)26-19(25)22-10-9-16-17(20)3-2-4-18(16)21/h2-8,11-12H,9-10H2,1H3,(H,22,25). The number of nitrogens with one attached hydrogen (secondary N) is 1. The molecule has 0 aliphatic heterocycles. The maximum atomic E-state index is 11.9. The van der Waals surface area contributed by atoms with Crippen molar-refractivity contribution < 1.29 is 9.53 Å². The zero-order valence-corrected chi connectivity index (χ0v) is 15.6. The molecule has 0 saturated carbocycles. The number of hydrogen-bond acceptors (Lipinski definition) is 3. The number of nitrogens with zero attached hydrogens (tertiary/aromatic N) is 2. The maximum Gasteiger partial charge on any atom is 0.412 e. The highest BCUT2D eigenvalue weighted by Crippen LogP contribution is 2.24. The second-order valence-corrected chi connectivity index (χ2v) is 6.54. The normalized spacial score (nSPS) is 10.6. The lowest BCUT2D eigenvalue weighted by Crippen LogP contribution is -2.28. The zero-order valence-electron chi connectivity index (χ0n) is 14.1. The molecule has 0 aliphatic rings. The quantitative estimate of drug-likeness (QED) is 0.680. The molecule has 1 aromatic heterocycles. The molecule has 1 N–H and O–H groups in total. The molecule has 1 heterocycles. The number of aromatic nitrogens is 2. The van der Waals surface area contributed by atoms with Crippen LogP contribution >= 0.6 is 23.2 Å². The van der Waals surface area contributed by atoms with Crippen LogP contribution in [0.5, 0.6) is 5.75 Å². The molecule has 3 aromatic rings. The van der Waals surface area contributed by atoms with Gasteiger partial charge in [0, 0.05) is 16.6 Å². The van der Waals surface area contributed by atoms with E-state index in [9.17, 15) is 4.79 Å². The van der Waals surface area contributed by atoms with Crippen LogP contribution < -0.4 is 10.1 Å². The lowest BCUT2D eigenvalue weighted by molar-refractivity contribution is 0.200. The summed E-state index contributed by atoms with van der Waals surface area (Å²) in [6, 6.07) is 13.2. The third-order valence-electron chi connectivity index (χ3n) is 3.77. The molecule has 1 amide bonds. The summed E-state index contributed by atoms with van der Waals surface area (Å²) in [6.07, 6.45) is 3.09. The fourth-order valence-electron chi connectivity index (χ4n) is 2.40. The number of carbonyl (C=O) groups excluding carboxylic acids is 1. The van der Waals surface area contributed by atoms with Gasteiger partial charge in [-0.05, 0) is 43.2 Å². The Bertz CT molecular complexity index is 887. The van der Waals surface area contributed by atoms with Gasteiger partial charge in [0.1, 0.15) is 0 Å². The SMILES string of the molecule is Cc1ccc(-n2cc(OC(=O)NCCc3c(Cl)cccc3Cl)cn2)cc1. The molecule has 5 nitrogen and oxygen atoms in total. The number of hydrogen-bond donors (Lipinski definition) is 1. The van der Waals surface area contributed by atoms with Gasteiger partial charge in [0.25, 0.3) is 0 Å². The summed E-state index contributed by atoms with van der Waals surface area (Å²) in [5, 5.41) is 8.02. The van der Waals surface area contributed by atoms with E-state index in [1.165, 1.54) is 6.20 Å². The predicted octanol–water partition coefficient (Wildman–Crippen LogP) is 4.82. The van der Waals surface area contributed by atoms with Crippen LogP contribution in [0.15, 0.2) is 54.9 Å². The van der Waals surface area contributed by atoms with E-state index in [-0.39, 0.29) is 0 Å². The van der Waals surface area contributed by atoms with Crippen LogP contribution in [-0.4, -0.2) is 22.4 Å². The maximum absolute atomic E-state index is 11.9. The van der Waals surface area contributed by atoms with E-state index in [2.05, 4.69) is 10.4 Å². The van der Waals surface area contributed by atoms with Crippen molar-refractivity contribution in [2.45, 2.75) is 13.3 Å². The fraction of sp³-hybridized carbons (Fsp3) is 0.158. The summed E-state index contributed by atoms with van der Waals surface area (Å²) in [6.45, 7) is 2.37. The monoisotopic (exact) mass is 389 g/mol. The second kappa shape index (κ2) is 8.25. The molecule has 0 radical (unpaired) electrons. The summed E-state index contributed by atoms with van der Waals surface area (Å²) < 4.78 is 6.88. The first-order valence-corrected chi connectivity index (χ1v) is 8.79. The molecule has 3 rings (SSSR count). The summed E-state index contributed by atoms with van der Waals surface area (Å²) in [7, 11) is 0. The van der Waals surface area contributed by atoms with Crippen LogP contribution in [0.25, 0.3) is 5.69 Å². The van der Waals surface area contributed by atoms with Crippen LogP contribution in [0.2, 0.25) is 10.0 Å². The van der Waals surface area contributed by atoms with E-state index in [4.69, 9.17) is 27.9 Å². The van der Waals surface area contributed by atoms with Gasteiger partial charge in [0.2, 0.25) is 0 Å². The number of rotatable bonds is 5. The van der Waals surface area contributed by atoms with Crippen molar-refractivity contribution in [2.75, 3.05) is 6.54 Å². The van der Waals surface area contributed by atoms with Gasteiger partial charge in [-0.15, -0.1) is 0 Å². The molecule has 134 valence electrons. The largest absolute Gasteiger partial charge is 0.412 e. The average Bonchev–Trinajstić information content (AvgIpc) is 3.06. The molecule has 7 heteroatoms. The van der Waals surface area contributed by atoms with Gasteiger partial charge in [-0.3, -0.25) is 0 Å². The Morgan fingerprint density at radius 3 is 2.54 bits per heavy atom. The van der Waals surface area contributed by atoms with Gasteiger partial charge in [-0.25, -0.2) is 9.48 Å². The van der Waals surface area contributed by atoms with E-state index in [1.807, 2.05) is 31.2 Å². The van der Waals surface area contributed by atoms with Crippen molar-refractivity contribution in [2.24, 2.45) is 0 Å². The summed E-state index contributed by atoms with van der Waals surface area (Å²) in [5.74, 6) is 0.360. The van der Waals surface area contributed by atoms with Crippen molar-refractivity contribution in [3.8, 4) is 11.4 Å². The van der Waals surface area contributed by atoms with E-state index >= 15 is 0 Å². The van der Waals surface area contributed by atoms with Crippen LogP contribution in [0.1, 0.15) is 11.1 Å². The molecule has 0 spiro atoms.